The summed E-state index contributed by atoms with van der Waals surface area (Å²) in [6.07, 6.45) is 3.92. The van der Waals surface area contributed by atoms with E-state index < -0.39 is 11.9 Å². The zero-order chi connectivity index (χ0) is 14.5. The number of halogens is 1. The van der Waals surface area contributed by atoms with Crippen molar-refractivity contribution in [3.8, 4) is 5.75 Å². The first-order chi connectivity index (χ1) is 9.65. The van der Waals surface area contributed by atoms with E-state index in [0.717, 1.165) is 18.8 Å². The zero-order valence-corrected chi connectivity index (χ0v) is 11.7. The highest BCUT2D eigenvalue weighted by Gasteiger charge is 2.16. The number of rotatable bonds is 6. The Morgan fingerprint density at radius 2 is 2.25 bits per heavy atom. The van der Waals surface area contributed by atoms with E-state index in [1.165, 1.54) is 13.2 Å². The predicted octanol–water partition coefficient (Wildman–Crippen LogP) is 2.72. The average Bonchev–Trinajstić information content (AvgIpc) is 2.86. The van der Waals surface area contributed by atoms with Crippen LogP contribution in [0.15, 0.2) is 30.6 Å². The van der Waals surface area contributed by atoms with E-state index in [2.05, 4.69) is 11.9 Å². The van der Waals surface area contributed by atoms with Crippen LogP contribution < -0.4 is 4.74 Å². The summed E-state index contributed by atoms with van der Waals surface area (Å²) in [5.41, 5.74) is 0.261. The van der Waals surface area contributed by atoms with Gasteiger partial charge in [-0.25, -0.2) is 9.37 Å². The van der Waals surface area contributed by atoms with Crippen LogP contribution in [0.1, 0.15) is 30.8 Å². The summed E-state index contributed by atoms with van der Waals surface area (Å²) in [7, 11) is 1.48. The van der Waals surface area contributed by atoms with Gasteiger partial charge in [-0.2, -0.15) is 0 Å². The minimum absolute atomic E-state index is 0.261. The molecule has 108 valence electrons. The van der Waals surface area contributed by atoms with Crippen molar-refractivity contribution in [3.63, 3.8) is 0 Å². The maximum absolute atomic E-state index is 13.9. The number of methoxy groups -OCH3 is 1. The standard InChI is InChI=1S/C15H19FN2O2/c1-3-7-18-8-6-17-15(18)10-14(19)12-5-4-11(20-2)9-13(12)16/h4-6,8-9,14,19H,3,7,10H2,1-2H3. The van der Waals surface area contributed by atoms with E-state index in [9.17, 15) is 9.50 Å². The first-order valence-corrected chi connectivity index (χ1v) is 6.67. The summed E-state index contributed by atoms with van der Waals surface area (Å²) < 4.78 is 20.8. The number of aromatic nitrogens is 2. The molecule has 1 N–H and O–H groups in total. The van der Waals surface area contributed by atoms with Crippen LogP contribution in [0.2, 0.25) is 0 Å². The van der Waals surface area contributed by atoms with Crippen molar-refractivity contribution in [1.82, 2.24) is 9.55 Å². The molecule has 1 heterocycles. The third kappa shape index (κ3) is 3.17. The Balaban J connectivity index is 2.15. The van der Waals surface area contributed by atoms with Crippen LogP contribution in [0.5, 0.6) is 5.75 Å². The van der Waals surface area contributed by atoms with Gasteiger partial charge in [-0.1, -0.05) is 6.92 Å². The molecule has 0 aliphatic carbocycles. The highest BCUT2D eigenvalue weighted by atomic mass is 19.1. The number of aliphatic hydroxyl groups is 1. The van der Waals surface area contributed by atoms with Crippen LogP contribution in [0.4, 0.5) is 4.39 Å². The van der Waals surface area contributed by atoms with E-state index in [0.29, 0.717) is 5.75 Å². The Morgan fingerprint density at radius 3 is 2.90 bits per heavy atom. The maximum Gasteiger partial charge on any atom is 0.132 e. The summed E-state index contributed by atoms with van der Waals surface area (Å²) in [6.45, 7) is 2.91. The zero-order valence-electron chi connectivity index (χ0n) is 11.7. The largest absolute Gasteiger partial charge is 0.497 e. The lowest BCUT2D eigenvalue weighted by Crippen LogP contribution is -2.10. The van der Waals surface area contributed by atoms with Gasteiger partial charge in [0.2, 0.25) is 0 Å². The van der Waals surface area contributed by atoms with Crippen LogP contribution in [-0.2, 0) is 13.0 Å². The van der Waals surface area contributed by atoms with Gasteiger partial charge in [-0.3, -0.25) is 0 Å². The van der Waals surface area contributed by atoms with Crippen LogP contribution in [-0.4, -0.2) is 21.8 Å². The molecule has 0 fully saturated rings. The second-order valence-electron chi connectivity index (χ2n) is 4.64. The molecule has 0 saturated carbocycles. The predicted molar refractivity (Wildman–Crippen MR) is 74.1 cm³/mol. The number of nitrogens with zero attached hydrogens (tertiary/aromatic N) is 2. The van der Waals surface area contributed by atoms with Crippen molar-refractivity contribution in [1.29, 1.82) is 0 Å². The van der Waals surface area contributed by atoms with Crippen molar-refractivity contribution in [3.05, 3.63) is 47.8 Å². The van der Waals surface area contributed by atoms with E-state index in [4.69, 9.17) is 4.74 Å². The van der Waals surface area contributed by atoms with Gasteiger partial charge in [0.05, 0.1) is 13.2 Å². The quantitative estimate of drug-likeness (QED) is 0.883. The molecule has 0 saturated heterocycles. The number of aliphatic hydroxyl groups excluding tert-OH is 1. The lowest BCUT2D eigenvalue weighted by molar-refractivity contribution is 0.169. The van der Waals surface area contributed by atoms with E-state index in [1.54, 1.807) is 18.3 Å². The fourth-order valence-corrected chi connectivity index (χ4v) is 2.16. The topological polar surface area (TPSA) is 47.3 Å². The number of hydrogen-bond donors (Lipinski definition) is 1. The van der Waals surface area contributed by atoms with Crippen LogP contribution in [0.3, 0.4) is 0 Å². The molecule has 0 bridgehead atoms. The molecule has 20 heavy (non-hydrogen) atoms. The normalized spacial score (nSPS) is 12.4. The van der Waals surface area contributed by atoms with Crippen LogP contribution >= 0.6 is 0 Å². The van der Waals surface area contributed by atoms with E-state index >= 15 is 0 Å². The minimum atomic E-state index is -0.918. The average molecular weight is 278 g/mol. The summed E-state index contributed by atoms with van der Waals surface area (Å²) in [5, 5.41) is 10.2. The number of imidazole rings is 1. The van der Waals surface area contributed by atoms with Crippen molar-refractivity contribution in [2.45, 2.75) is 32.4 Å². The highest BCUT2D eigenvalue weighted by Crippen LogP contribution is 2.24. The molecule has 2 aromatic rings. The van der Waals surface area contributed by atoms with Crippen LogP contribution in [0.25, 0.3) is 0 Å². The first kappa shape index (κ1) is 14.5. The molecule has 0 aliphatic heterocycles. The Kier molecular flexibility index (Phi) is 4.74. The summed E-state index contributed by atoms with van der Waals surface area (Å²) >= 11 is 0. The first-order valence-electron chi connectivity index (χ1n) is 6.67. The molecule has 0 spiro atoms. The Morgan fingerprint density at radius 1 is 1.45 bits per heavy atom. The molecule has 5 heteroatoms. The molecular formula is C15H19FN2O2. The minimum Gasteiger partial charge on any atom is -0.497 e. The summed E-state index contributed by atoms with van der Waals surface area (Å²) in [6, 6.07) is 4.46. The molecular weight excluding hydrogens is 259 g/mol. The van der Waals surface area contributed by atoms with Gasteiger partial charge in [0.25, 0.3) is 0 Å². The van der Waals surface area contributed by atoms with Gasteiger partial charge < -0.3 is 14.4 Å². The van der Waals surface area contributed by atoms with Gasteiger partial charge in [0, 0.05) is 37.0 Å². The van der Waals surface area contributed by atoms with Crippen molar-refractivity contribution < 1.29 is 14.2 Å². The number of aryl methyl sites for hydroxylation is 1. The molecule has 0 radical (unpaired) electrons. The Hall–Kier alpha value is -1.88. The fourth-order valence-electron chi connectivity index (χ4n) is 2.16. The highest BCUT2D eigenvalue weighted by molar-refractivity contribution is 5.30. The maximum atomic E-state index is 13.9. The lowest BCUT2D eigenvalue weighted by Gasteiger charge is -2.13. The smallest absolute Gasteiger partial charge is 0.132 e. The molecule has 4 nitrogen and oxygen atoms in total. The molecule has 2 rings (SSSR count). The molecule has 0 aliphatic rings. The van der Waals surface area contributed by atoms with Crippen molar-refractivity contribution in [2.75, 3.05) is 7.11 Å². The SMILES string of the molecule is CCCn1ccnc1CC(O)c1ccc(OC)cc1F. The third-order valence-corrected chi connectivity index (χ3v) is 3.21. The van der Waals surface area contributed by atoms with Gasteiger partial charge in [-0.05, 0) is 18.6 Å². The second-order valence-corrected chi connectivity index (χ2v) is 4.64. The van der Waals surface area contributed by atoms with Gasteiger partial charge in [0.1, 0.15) is 17.4 Å². The van der Waals surface area contributed by atoms with Crippen molar-refractivity contribution in [2.24, 2.45) is 0 Å². The molecule has 1 atom stereocenters. The van der Waals surface area contributed by atoms with Gasteiger partial charge >= 0.3 is 0 Å². The molecule has 1 aromatic heterocycles. The lowest BCUT2D eigenvalue weighted by atomic mass is 10.1. The van der Waals surface area contributed by atoms with E-state index in [-0.39, 0.29) is 12.0 Å². The van der Waals surface area contributed by atoms with Gasteiger partial charge in [0.15, 0.2) is 0 Å². The molecule has 0 amide bonds. The monoisotopic (exact) mass is 278 g/mol. The van der Waals surface area contributed by atoms with Gasteiger partial charge in [-0.15, -0.1) is 0 Å². The molecule has 1 aromatic carbocycles. The van der Waals surface area contributed by atoms with Crippen molar-refractivity contribution >= 4 is 0 Å². The Bertz CT molecular complexity index is 569. The number of benzene rings is 1. The second kappa shape index (κ2) is 6.52. The number of ether oxygens (including phenoxy) is 1. The summed E-state index contributed by atoms with van der Waals surface area (Å²) in [5.74, 6) is 0.728. The van der Waals surface area contributed by atoms with E-state index in [1.807, 2.05) is 10.8 Å². The number of hydrogen-bond acceptors (Lipinski definition) is 3. The Labute approximate surface area is 117 Å². The third-order valence-electron chi connectivity index (χ3n) is 3.21. The van der Waals surface area contributed by atoms with Crippen LogP contribution in [0, 0.1) is 5.82 Å². The summed E-state index contributed by atoms with van der Waals surface area (Å²) in [4.78, 5) is 4.22. The molecule has 1 unspecified atom stereocenters. The fraction of sp³-hybridized carbons (Fsp3) is 0.400.